The molecular formula is C22H28ClN5O3S. The van der Waals surface area contributed by atoms with Crippen LogP contribution in [-0.2, 0) is 11.3 Å². The van der Waals surface area contributed by atoms with Crippen molar-refractivity contribution < 1.29 is 9.53 Å². The van der Waals surface area contributed by atoms with Gasteiger partial charge in [-0.1, -0.05) is 36.8 Å². The van der Waals surface area contributed by atoms with E-state index >= 15 is 0 Å². The van der Waals surface area contributed by atoms with Crippen LogP contribution < -0.4 is 15.2 Å². The summed E-state index contributed by atoms with van der Waals surface area (Å²) in [5, 5.41) is 1.07. The first-order valence-electron chi connectivity index (χ1n) is 10.5. The summed E-state index contributed by atoms with van der Waals surface area (Å²) in [6.45, 7) is 10.4. The maximum atomic E-state index is 13.4. The molecule has 0 unspecified atom stereocenters. The lowest BCUT2D eigenvalue weighted by molar-refractivity contribution is -0.119. The minimum Gasteiger partial charge on any atom is -0.494 e. The van der Waals surface area contributed by atoms with Crippen molar-refractivity contribution >= 4 is 44.2 Å². The van der Waals surface area contributed by atoms with Crippen LogP contribution in [0.3, 0.4) is 0 Å². The fourth-order valence-corrected chi connectivity index (χ4v) is 4.65. The second kappa shape index (κ2) is 10.4. The van der Waals surface area contributed by atoms with E-state index in [2.05, 4.69) is 28.7 Å². The smallest absolute Gasteiger partial charge is 0.256 e. The Morgan fingerprint density at radius 2 is 1.94 bits per heavy atom. The molecule has 2 heterocycles. The molecule has 8 nitrogen and oxygen atoms in total. The van der Waals surface area contributed by atoms with Gasteiger partial charge in [0, 0.05) is 24.3 Å². The van der Waals surface area contributed by atoms with Gasteiger partial charge in [0.2, 0.25) is 5.91 Å². The molecule has 0 N–H and O–H groups in total. The number of methoxy groups -OCH3 is 1. The summed E-state index contributed by atoms with van der Waals surface area (Å²) in [4.78, 5) is 38.8. The SMILES string of the molecule is CCN(CC)CCN(C(=O)Cn1cnc(C)c(C)c1=O)c1nc2c(OC)ccc(Cl)c2s1. The molecule has 0 spiro atoms. The fraction of sp³-hybridized carbons (Fsp3) is 0.455. The number of carbonyl (C=O) groups is 1. The number of aryl methyl sites for hydroxylation is 1. The summed E-state index contributed by atoms with van der Waals surface area (Å²) in [6.07, 6.45) is 1.42. The number of anilines is 1. The number of hydrogen-bond donors (Lipinski definition) is 0. The number of ether oxygens (including phenoxy) is 1. The van der Waals surface area contributed by atoms with Gasteiger partial charge in [0.05, 0.1) is 23.2 Å². The number of thiazole rings is 1. The number of benzene rings is 1. The standard InChI is InChI=1S/C22H28ClN5O3S/c1-6-26(7-2)10-11-28(18(29)12-27-13-24-15(4)14(3)21(27)30)22-25-19-17(31-5)9-8-16(23)20(19)32-22/h8-9,13H,6-7,10-12H2,1-5H3. The average molecular weight is 478 g/mol. The molecular weight excluding hydrogens is 450 g/mol. The zero-order valence-electron chi connectivity index (χ0n) is 19.0. The van der Waals surface area contributed by atoms with Crippen molar-refractivity contribution in [1.29, 1.82) is 0 Å². The van der Waals surface area contributed by atoms with Crippen LogP contribution in [0.5, 0.6) is 5.75 Å². The van der Waals surface area contributed by atoms with E-state index in [-0.39, 0.29) is 18.0 Å². The van der Waals surface area contributed by atoms with Crippen LogP contribution in [0, 0.1) is 13.8 Å². The molecule has 10 heteroatoms. The molecule has 0 saturated heterocycles. The normalized spacial score (nSPS) is 11.3. The number of amides is 1. The van der Waals surface area contributed by atoms with E-state index in [9.17, 15) is 9.59 Å². The lowest BCUT2D eigenvalue weighted by atomic mass is 10.3. The molecule has 0 aliphatic heterocycles. The largest absolute Gasteiger partial charge is 0.494 e. The number of fused-ring (bicyclic) bond motifs is 1. The van der Waals surface area contributed by atoms with Gasteiger partial charge >= 0.3 is 0 Å². The number of hydrogen-bond acceptors (Lipinski definition) is 7. The van der Waals surface area contributed by atoms with Gasteiger partial charge in [0.25, 0.3) is 5.56 Å². The van der Waals surface area contributed by atoms with Crippen LogP contribution >= 0.6 is 22.9 Å². The number of nitrogens with zero attached hydrogens (tertiary/aromatic N) is 5. The van der Waals surface area contributed by atoms with Gasteiger partial charge in [-0.05, 0) is 39.1 Å². The van der Waals surface area contributed by atoms with E-state index < -0.39 is 0 Å². The summed E-state index contributed by atoms with van der Waals surface area (Å²) >= 11 is 7.73. The molecule has 1 amide bonds. The predicted octanol–water partition coefficient (Wildman–Crippen LogP) is 3.51. The van der Waals surface area contributed by atoms with E-state index in [1.165, 1.54) is 22.2 Å². The van der Waals surface area contributed by atoms with Gasteiger partial charge in [-0.25, -0.2) is 9.97 Å². The van der Waals surface area contributed by atoms with Crippen LogP contribution in [0.4, 0.5) is 5.13 Å². The third-order valence-corrected chi connectivity index (χ3v) is 7.09. The molecule has 0 fully saturated rings. The molecule has 0 bridgehead atoms. The molecule has 172 valence electrons. The summed E-state index contributed by atoms with van der Waals surface area (Å²) in [5.41, 5.74) is 1.59. The van der Waals surface area contributed by atoms with Crippen molar-refractivity contribution in [2.45, 2.75) is 34.2 Å². The molecule has 0 atom stereocenters. The van der Waals surface area contributed by atoms with Crippen LogP contribution in [0.15, 0.2) is 23.3 Å². The number of aromatic nitrogens is 3. The van der Waals surface area contributed by atoms with Crippen LogP contribution in [-0.4, -0.2) is 58.6 Å². The average Bonchev–Trinajstić information content (AvgIpc) is 3.23. The molecule has 0 aliphatic rings. The Labute approximate surface area is 196 Å². The Balaban J connectivity index is 1.99. The highest BCUT2D eigenvalue weighted by molar-refractivity contribution is 7.23. The number of rotatable bonds is 9. The lowest BCUT2D eigenvalue weighted by Gasteiger charge is -2.25. The van der Waals surface area contributed by atoms with E-state index in [0.29, 0.717) is 45.8 Å². The van der Waals surface area contributed by atoms with Crippen molar-refractivity contribution in [1.82, 2.24) is 19.4 Å². The van der Waals surface area contributed by atoms with Crippen molar-refractivity contribution in [3.05, 3.63) is 45.1 Å². The molecule has 0 saturated carbocycles. The highest BCUT2D eigenvalue weighted by atomic mass is 35.5. The number of likely N-dealkylation sites (N-methyl/N-ethyl adjacent to an activating group) is 1. The summed E-state index contributed by atoms with van der Waals surface area (Å²) < 4.78 is 7.52. The predicted molar refractivity (Wildman–Crippen MR) is 129 cm³/mol. The first kappa shape index (κ1) is 24.2. The van der Waals surface area contributed by atoms with Gasteiger partial charge in [-0.3, -0.25) is 19.1 Å². The quantitative estimate of drug-likeness (QED) is 0.469. The number of halogens is 1. The molecule has 3 rings (SSSR count). The molecule has 0 radical (unpaired) electrons. The van der Waals surface area contributed by atoms with E-state index in [0.717, 1.165) is 17.8 Å². The van der Waals surface area contributed by atoms with Crippen LogP contribution in [0.2, 0.25) is 5.02 Å². The fourth-order valence-electron chi connectivity index (χ4n) is 3.35. The zero-order chi connectivity index (χ0) is 23.4. The maximum Gasteiger partial charge on any atom is 0.256 e. The second-order valence-electron chi connectivity index (χ2n) is 7.38. The molecule has 0 aliphatic carbocycles. The van der Waals surface area contributed by atoms with E-state index in [1.54, 1.807) is 38.0 Å². The molecule has 2 aromatic heterocycles. The highest BCUT2D eigenvalue weighted by Gasteiger charge is 2.23. The first-order chi connectivity index (χ1) is 15.3. The highest BCUT2D eigenvalue weighted by Crippen LogP contribution is 2.38. The van der Waals surface area contributed by atoms with E-state index in [4.69, 9.17) is 16.3 Å². The lowest BCUT2D eigenvalue weighted by Crippen LogP contribution is -2.41. The van der Waals surface area contributed by atoms with Gasteiger partial charge < -0.3 is 9.64 Å². The first-order valence-corrected chi connectivity index (χ1v) is 11.7. The maximum absolute atomic E-state index is 13.4. The van der Waals surface area contributed by atoms with Crippen molar-refractivity contribution in [3.63, 3.8) is 0 Å². The Morgan fingerprint density at radius 1 is 1.22 bits per heavy atom. The van der Waals surface area contributed by atoms with Crippen molar-refractivity contribution in [2.24, 2.45) is 0 Å². The Hall–Kier alpha value is -2.49. The Morgan fingerprint density at radius 3 is 2.59 bits per heavy atom. The summed E-state index contributed by atoms with van der Waals surface area (Å²) in [6, 6.07) is 3.52. The third-order valence-electron chi connectivity index (χ3n) is 5.55. The van der Waals surface area contributed by atoms with Gasteiger partial charge in [-0.15, -0.1) is 0 Å². The number of carbonyl (C=O) groups excluding carboxylic acids is 1. The van der Waals surface area contributed by atoms with Crippen molar-refractivity contribution in [2.75, 3.05) is 38.2 Å². The van der Waals surface area contributed by atoms with Crippen LogP contribution in [0.25, 0.3) is 10.2 Å². The second-order valence-corrected chi connectivity index (χ2v) is 8.77. The van der Waals surface area contributed by atoms with E-state index in [1.807, 2.05) is 0 Å². The zero-order valence-corrected chi connectivity index (χ0v) is 20.6. The van der Waals surface area contributed by atoms with Gasteiger partial charge in [-0.2, -0.15) is 0 Å². The molecule has 1 aromatic carbocycles. The Kier molecular flexibility index (Phi) is 7.86. The monoisotopic (exact) mass is 477 g/mol. The van der Waals surface area contributed by atoms with Gasteiger partial charge in [0.15, 0.2) is 5.13 Å². The topological polar surface area (TPSA) is 80.6 Å². The molecule has 3 aromatic rings. The van der Waals surface area contributed by atoms with Crippen LogP contribution in [0.1, 0.15) is 25.1 Å². The summed E-state index contributed by atoms with van der Waals surface area (Å²) in [7, 11) is 1.57. The Bertz CT molecular complexity index is 1170. The minimum absolute atomic E-state index is 0.119. The van der Waals surface area contributed by atoms with Gasteiger partial charge in [0.1, 0.15) is 17.8 Å². The minimum atomic E-state index is -0.238. The third kappa shape index (κ3) is 4.95. The molecule has 32 heavy (non-hydrogen) atoms. The summed E-state index contributed by atoms with van der Waals surface area (Å²) in [5.74, 6) is 0.357. The van der Waals surface area contributed by atoms with Crippen molar-refractivity contribution in [3.8, 4) is 5.75 Å².